The summed E-state index contributed by atoms with van der Waals surface area (Å²) < 4.78 is 0. The van der Waals surface area contributed by atoms with Gasteiger partial charge in [-0.3, -0.25) is 0 Å². The van der Waals surface area contributed by atoms with Crippen LogP contribution in [0.3, 0.4) is 0 Å². The molecule has 2 unspecified atom stereocenters. The van der Waals surface area contributed by atoms with E-state index in [1.807, 2.05) is 6.92 Å². The second-order valence-corrected chi connectivity index (χ2v) is 4.63. The Balaban J connectivity index is 2.23. The van der Waals surface area contributed by atoms with Gasteiger partial charge >= 0.3 is 0 Å². The first kappa shape index (κ1) is 7.60. The highest BCUT2D eigenvalue weighted by atomic mass is 16.3. The number of aliphatic hydroxyl groups is 1. The van der Waals surface area contributed by atoms with E-state index in [0.29, 0.717) is 11.8 Å². The fraction of sp³-hybridized carbons (Fsp3) is 1.00. The third-order valence-corrected chi connectivity index (χ3v) is 4.23. The first-order valence-corrected chi connectivity index (χ1v) is 4.84. The average Bonchev–Trinajstić information content (AvgIpc) is 2.01. The first-order valence-electron chi connectivity index (χ1n) is 4.84. The quantitative estimate of drug-likeness (QED) is 0.567. The van der Waals surface area contributed by atoms with Crippen molar-refractivity contribution in [2.45, 2.75) is 45.1 Å². The highest BCUT2D eigenvalue weighted by Gasteiger charge is 2.48. The van der Waals surface area contributed by atoms with Gasteiger partial charge in [-0.1, -0.05) is 6.92 Å². The molecule has 2 bridgehead atoms. The number of hydrogen-bond acceptors (Lipinski definition) is 1. The van der Waals surface area contributed by atoms with Crippen LogP contribution in [-0.2, 0) is 0 Å². The van der Waals surface area contributed by atoms with Crippen molar-refractivity contribution in [3.63, 3.8) is 0 Å². The molecule has 0 aromatic rings. The van der Waals surface area contributed by atoms with Gasteiger partial charge in [0.25, 0.3) is 0 Å². The van der Waals surface area contributed by atoms with E-state index in [2.05, 4.69) is 6.92 Å². The molecule has 11 heavy (non-hydrogen) atoms. The summed E-state index contributed by atoms with van der Waals surface area (Å²) >= 11 is 0. The van der Waals surface area contributed by atoms with E-state index in [-0.39, 0.29) is 5.60 Å². The Morgan fingerprint density at radius 2 is 1.73 bits per heavy atom. The van der Waals surface area contributed by atoms with E-state index in [9.17, 15) is 5.11 Å². The first-order chi connectivity index (χ1) is 5.12. The molecule has 0 saturated heterocycles. The average molecular weight is 154 g/mol. The van der Waals surface area contributed by atoms with Gasteiger partial charge in [-0.2, -0.15) is 0 Å². The summed E-state index contributed by atoms with van der Waals surface area (Å²) in [5.74, 6) is 1.95. The van der Waals surface area contributed by atoms with Gasteiger partial charge in [-0.05, 0) is 50.4 Å². The van der Waals surface area contributed by atoms with Crippen LogP contribution < -0.4 is 0 Å². The topological polar surface area (TPSA) is 20.2 Å². The number of hydrogen-bond donors (Lipinski definition) is 1. The second-order valence-electron chi connectivity index (χ2n) is 4.63. The zero-order valence-electron chi connectivity index (χ0n) is 7.51. The second kappa shape index (κ2) is 2.22. The van der Waals surface area contributed by atoms with Crippen LogP contribution in [0.2, 0.25) is 0 Å². The summed E-state index contributed by atoms with van der Waals surface area (Å²) in [4.78, 5) is 0. The van der Waals surface area contributed by atoms with Crippen molar-refractivity contribution in [3.05, 3.63) is 0 Å². The predicted molar refractivity (Wildman–Crippen MR) is 45.2 cm³/mol. The smallest absolute Gasteiger partial charge is 0.0675 e. The Hall–Kier alpha value is -0.0400. The van der Waals surface area contributed by atoms with Crippen molar-refractivity contribution < 1.29 is 5.11 Å². The van der Waals surface area contributed by atoms with E-state index in [1.54, 1.807) is 0 Å². The van der Waals surface area contributed by atoms with Crippen LogP contribution in [0.5, 0.6) is 0 Å². The maximum absolute atomic E-state index is 10.1. The Morgan fingerprint density at radius 3 is 2.00 bits per heavy atom. The van der Waals surface area contributed by atoms with E-state index in [0.717, 1.165) is 5.92 Å². The molecular formula is C10H18O. The molecule has 3 rings (SSSR count). The van der Waals surface area contributed by atoms with E-state index in [1.165, 1.54) is 25.7 Å². The van der Waals surface area contributed by atoms with Crippen LogP contribution >= 0.6 is 0 Å². The van der Waals surface area contributed by atoms with Gasteiger partial charge in [-0.15, -0.1) is 0 Å². The molecule has 64 valence electrons. The molecule has 1 heteroatoms. The molecule has 0 spiro atoms. The van der Waals surface area contributed by atoms with E-state index in [4.69, 9.17) is 0 Å². The molecule has 3 aliphatic rings. The van der Waals surface area contributed by atoms with Crippen LogP contribution in [0.15, 0.2) is 0 Å². The lowest BCUT2D eigenvalue weighted by Gasteiger charge is -2.51. The fourth-order valence-electron chi connectivity index (χ4n) is 3.05. The van der Waals surface area contributed by atoms with Crippen LogP contribution in [0.4, 0.5) is 0 Å². The lowest BCUT2D eigenvalue weighted by atomic mass is 9.57. The molecule has 0 aromatic heterocycles. The van der Waals surface area contributed by atoms with Crippen molar-refractivity contribution in [2.75, 3.05) is 0 Å². The maximum Gasteiger partial charge on any atom is 0.0675 e. The minimum absolute atomic E-state index is 0.346. The highest BCUT2D eigenvalue weighted by molar-refractivity contribution is 4.98. The van der Waals surface area contributed by atoms with Crippen LogP contribution in [-0.4, -0.2) is 10.7 Å². The predicted octanol–water partition coefficient (Wildman–Crippen LogP) is 2.19. The summed E-state index contributed by atoms with van der Waals surface area (Å²) in [6.45, 7) is 4.25. The summed E-state index contributed by atoms with van der Waals surface area (Å²) in [5.41, 5.74) is -0.346. The van der Waals surface area contributed by atoms with Gasteiger partial charge in [0, 0.05) is 0 Å². The Labute approximate surface area is 68.8 Å². The maximum atomic E-state index is 10.1. The fourth-order valence-corrected chi connectivity index (χ4v) is 3.05. The number of rotatable bonds is 0. The molecule has 3 fully saturated rings. The normalized spacial score (nSPS) is 56.5. The van der Waals surface area contributed by atoms with Gasteiger partial charge in [0.1, 0.15) is 0 Å². The Kier molecular flexibility index (Phi) is 1.54. The molecule has 3 aliphatic carbocycles. The summed E-state index contributed by atoms with van der Waals surface area (Å²) in [6, 6.07) is 0. The summed E-state index contributed by atoms with van der Waals surface area (Å²) in [5, 5.41) is 10.1. The lowest BCUT2D eigenvalue weighted by Crippen LogP contribution is -2.51. The molecule has 1 N–H and O–H groups in total. The van der Waals surface area contributed by atoms with Crippen molar-refractivity contribution in [2.24, 2.45) is 17.8 Å². The summed E-state index contributed by atoms with van der Waals surface area (Å²) in [6.07, 6.45) is 5.26. The van der Waals surface area contributed by atoms with E-state index < -0.39 is 0 Å². The zero-order valence-corrected chi connectivity index (χ0v) is 7.51. The molecule has 0 heterocycles. The zero-order chi connectivity index (χ0) is 8.06. The van der Waals surface area contributed by atoms with Crippen LogP contribution in [0, 0.1) is 17.8 Å². The van der Waals surface area contributed by atoms with Crippen molar-refractivity contribution in [3.8, 4) is 0 Å². The molecular weight excluding hydrogens is 136 g/mol. The lowest BCUT2D eigenvalue weighted by molar-refractivity contribution is -0.129. The minimum atomic E-state index is -0.346. The molecule has 0 aromatic carbocycles. The van der Waals surface area contributed by atoms with Crippen LogP contribution in [0.25, 0.3) is 0 Å². The molecule has 0 aliphatic heterocycles. The molecule has 2 atom stereocenters. The Morgan fingerprint density at radius 1 is 1.18 bits per heavy atom. The van der Waals surface area contributed by atoms with Crippen molar-refractivity contribution >= 4 is 0 Å². The standard InChI is InChI=1S/C10H18O/c1-7-8-3-5-9(6-4-8)10(7,2)11/h7-9,11H,3-6H2,1-2H3. The highest BCUT2D eigenvalue weighted by Crippen LogP contribution is 2.50. The molecule has 3 saturated carbocycles. The minimum Gasteiger partial charge on any atom is -0.390 e. The van der Waals surface area contributed by atoms with Crippen LogP contribution in [0.1, 0.15) is 39.5 Å². The van der Waals surface area contributed by atoms with Gasteiger partial charge < -0.3 is 5.11 Å². The molecule has 0 radical (unpaired) electrons. The van der Waals surface area contributed by atoms with E-state index >= 15 is 0 Å². The monoisotopic (exact) mass is 154 g/mol. The van der Waals surface area contributed by atoms with Crippen molar-refractivity contribution in [1.29, 1.82) is 0 Å². The number of fused-ring (bicyclic) bond motifs is 3. The largest absolute Gasteiger partial charge is 0.390 e. The Bertz CT molecular complexity index is 150. The van der Waals surface area contributed by atoms with Gasteiger partial charge in [0.15, 0.2) is 0 Å². The van der Waals surface area contributed by atoms with Gasteiger partial charge in [0.05, 0.1) is 5.60 Å². The third-order valence-electron chi connectivity index (χ3n) is 4.23. The van der Waals surface area contributed by atoms with Gasteiger partial charge in [0.2, 0.25) is 0 Å². The third kappa shape index (κ3) is 0.936. The molecule has 0 amide bonds. The summed E-state index contributed by atoms with van der Waals surface area (Å²) in [7, 11) is 0. The van der Waals surface area contributed by atoms with Crippen molar-refractivity contribution in [1.82, 2.24) is 0 Å². The molecule has 1 nitrogen and oxygen atoms in total. The SMILES string of the molecule is CC1C2CCC(CC2)C1(C)O. The van der Waals surface area contributed by atoms with Gasteiger partial charge in [-0.25, -0.2) is 0 Å².